The summed E-state index contributed by atoms with van der Waals surface area (Å²) in [5, 5.41) is 10.5. The molecule has 3 fully saturated rings. The fourth-order valence-corrected chi connectivity index (χ4v) is 8.37. The second-order valence-corrected chi connectivity index (χ2v) is 13.3. The number of benzene rings is 2. The minimum Gasteiger partial charge on any atom is -0.494 e. The lowest BCUT2D eigenvalue weighted by molar-refractivity contribution is -0.148. The third-order valence-corrected chi connectivity index (χ3v) is 10.7. The fourth-order valence-electron chi connectivity index (χ4n) is 8.37. The van der Waals surface area contributed by atoms with Crippen LogP contribution in [0.1, 0.15) is 53.9 Å². The highest BCUT2D eigenvalue weighted by Crippen LogP contribution is 2.64. The number of aliphatic hydroxyl groups is 1. The number of ether oxygens (including phenoxy) is 2. The van der Waals surface area contributed by atoms with Gasteiger partial charge in [-0.25, -0.2) is 0 Å². The molecule has 264 valence electrons. The maximum atomic E-state index is 15.0. The van der Waals surface area contributed by atoms with Crippen molar-refractivity contribution in [3.63, 3.8) is 0 Å². The van der Waals surface area contributed by atoms with Crippen molar-refractivity contribution in [2.24, 2.45) is 11.8 Å². The number of hydrogen-bond donors (Lipinski definition) is 1. The summed E-state index contributed by atoms with van der Waals surface area (Å²) in [7, 11) is 0. The van der Waals surface area contributed by atoms with Crippen LogP contribution in [0.3, 0.4) is 0 Å². The summed E-state index contributed by atoms with van der Waals surface area (Å²) in [5.41, 5.74) is 0.152. The Kier molecular flexibility index (Phi) is 10.9. The normalized spacial score (nSPS) is 25.9. The topological polar surface area (TPSA) is 103 Å². The molecule has 10 heteroatoms. The van der Waals surface area contributed by atoms with E-state index >= 15 is 4.79 Å². The standard InChI is InChI=1S/C39H52N4O6/c1-8-24-41(30-18-20-31(21-19-30)48-13-6)35(45)32-33-36(46)43(27(10-3)26-44)34(39(33)23-22-38(32,7)49-39)37(47)42(25-9-2)29-16-14-28(15-17-29)40(11-4)12-5/h8-9,14-21,27,32-34,44H,1-2,10-13,22-26H2,3-7H3/t27-,32-,33-,34?,38+,39?/m0/s1. The Morgan fingerprint density at radius 3 is 2.00 bits per heavy atom. The summed E-state index contributed by atoms with van der Waals surface area (Å²) in [5.74, 6) is -1.97. The minimum absolute atomic E-state index is 0.211. The zero-order valence-electron chi connectivity index (χ0n) is 29.6. The molecule has 3 amide bonds. The fraction of sp³-hybridized carbons (Fsp3) is 0.513. The summed E-state index contributed by atoms with van der Waals surface area (Å²) in [6.45, 7) is 20.1. The van der Waals surface area contributed by atoms with Crippen LogP contribution in [0.4, 0.5) is 17.1 Å². The number of fused-ring (bicyclic) bond motifs is 1. The van der Waals surface area contributed by atoms with Gasteiger partial charge in [-0.1, -0.05) is 19.1 Å². The Bertz CT molecular complexity index is 1520. The number of amides is 3. The van der Waals surface area contributed by atoms with Gasteiger partial charge in [0, 0.05) is 43.2 Å². The highest BCUT2D eigenvalue weighted by molar-refractivity contribution is 6.07. The van der Waals surface area contributed by atoms with Gasteiger partial charge in [0.25, 0.3) is 5.91 Å². The third-order valence-electron chi connectivity index (χ3n) is 10.7. The predicted octanol–water partition coefficient (Wildman–Crippen LogP) is 5.21. The molecule has 3 heterocycles. The molecule has 2 aromatic carbocycles. The first-order chi connectivity index (χ1) is 23.6. The van der Waals surface area contributed by atoms with E-state index < -0.39 is 35.1 Å². The van der Waals surface area contributed by atoms with Crippen LogP contribution in [0.15, 0.2) is 73.8 Å². The van der Waals surface area contributed by atoms with Crippen molar-refractivity contribution in [2.75, 3.05) is 54.1 Å². The number of nitrogens with zero attached hydrogens (tertiary/aromatic N) is 4. The van der Waals surface area contributed by atoms with Crippen LogP contribution in [0.25, 0.3) is 0 Å². The van der Waals surface area contributed by atoms with E-state index in [2.05, 4.69) is 31.9 Å². The Balaban J connectivity index is 1.57. The molecule has 10 nitrogen and oxygen atoms in total. The molecule has 3 aliphatic heterocycles. The van der Waals surface area contributed by atoms with Crippen molar-refractivity contribution in [3.05, 3.63) is 73.8 Å². The SMILES string of the molecule is C=CCN(C(=O)C1N([C@@H](CC)CO)C(=O)[C@@H]2[C@@H](C(=O)N(CC=C)c3ccc(OCC)cc3)[C@@]3(C)CCC12O3)c1ccc(N(CC)CC)cc1. The maximum absolute atomic E-state index is 15.0. The molecule has 3 aliphatic rings. The predicted molar refractivity (Wildman–Crippen MR) is 193 cm³/mol. The molecule has 3 saturated heterocycles. The third kappa shape index (κ3) is 6.14. The smallest absolute Gasteiger partial charge is 0.253 e. The van der Waals surface area contributed by atoms with Crippen LogP contribution in [-0.2, 0) is 19.1 Å². The van der Waals surface area contributed by atoms with Crippen molar-refractivity contribution < 1.29 is 29.0 Å². The summed E-state index contributed by atoms with van der Waals surface area (Å²) in [6, 6.07) is 13.4. The molecule has 1 spiro atoms. The van der Waals surface area contributed by atoms with E-state index in [0.717, 1.165) is 18.8 Å². The zero-order chi connectivity index (χ0) is 35.5. The molecule has 5 rings (SSSR count). The van der Waals surface area contributed by atoms with Gasteiger partial charge in [-0.05, 0) is 95.5 Å². The Morgan fingerprint density at radius 1 is 0.939 bits per heavy atom. The van der Waals surface area contributed by atoms with Crippen molar-refractivity contribution in [1.82, 2.24) is 4.90 Å². The largest absolute Gasteiger partial charge is 0.494 e. The number of hydrogen-bond acceptors (Lipinski definition) is 7. The number of likely N-dealkylation sites (tertiary alicyclic amines) is 1. The number of aliphatic hydroxyl groups excluding tert-OH is 1. The molecule has 0 aromatic heterocycles. The van der Waals surface area contributed by atoms with E-state index in [1.807, 2.05) is 69.3 Å². The molecule has 2 bridgehead atoms. The van der Waals surface area contributed by atoms with Gasteiger partial charge in [0.2, 0.25) is 11.8 Å². The lowest BCUT2D eigenvalue weighted by Crippen LogP contribution is -2.59. The minimum atomic E-state index is -1.24. The number of rotatable bonds is 16. The first-order valence-corrected chi connectivity index (χ1v) is 17.6. The maximum Gasteiger partial charge on any atom is 0.253 e. The Hall–Kier alpha value is -4.15. The van der Waals surface area contributed by atoms with Crippen molar-refractivity contribution in [2.45, 2.75) is 77.2 Å². The summed E-state index contributed by atoms with van der Waals surface area (Å²) in [4.78, 5) is 51.6. The van der Waals surface area contributed by atoms with Gasteiger partial charge in [-0.2, -0.15) is 0 Å². The molecule has 6 atom stereocenters. The van der Waals surface area contributed by atoms with E-state index in [4.69, 9.17) is 9.47 Å². The monoisotopic (exact) mass is 672 g/mol. The van der Waals surface area contributed by atoms with E-state index in [-0.39, 0.29) is 37.4 Å². The van der Waals surface area contributed by atoms with Gasteiger partial charge in [0.15, 0.2) is 0 Å². The average Bonchev–Trinajstić information content (AvgIpc) is 3.68. The summed E-state index contributed by atoms with van der Waals surface area (Å²) < 4.78 is 12.5. The molecule has 49 heavy (non-hydrogen) atoms. The highest BCUT2D eigenvalue weighted by atomic mass is 16.5. The molecular formula is C39H52N4O6. The molecule has 1 N–H and O–H groups in total. The summed E-state index contributed by atoms with van der Waals surface area (Å²) >= 11 is 0. The Labute approximate surface area is 290 Å². The zero-order valence-corrected chi connectivity index (χ0v) is 29.6. The average molecular weight is 673 g/mol. The molecule has 0 aliphatic carbocycles. The van der Waals surface area contributed by atoms with Gasteiger partial charge in [0.05, 0.1) is 36.7 Å². The quantitative estimate of drug-likeness (QED) is 0.245. The molecule has 0 saturated carbocycles. The first-order valence-electron chi connectivity index (χ1n) is 17.6. The van der Waals surface area contributed by atoms with Crippen LogP contribution in [-0.4, -0.2) is 90.4 Å². The molecule has 0 radical (unpaired) electrons. The van der Waals surface area contributed by atoms with Gasteiger partial charge in [-0.3, -0.25) is 14.4 Å². The van der Waals surface area contributed by atoms with Crippen molar-refractivity contribution in [3.8, 4) is 5.75 Å². The number of anilines is 3. The van der Waals surface area contributed by atoms with E-state index in [1.165, 1.54) is 4.90 Å². The van der Waals surface area contributed by atoms with E-state index in [0.29, 0.717) is 43.0 Å². The van der Waals surface area contributed by atoms with Gasteiger partial charge in [-0.15, -0.1) is 13.2 Å². The highest BCUT2D eigenvalue weighted by Gasteiger charge is 2.79. The van der Waals surface area contributed by atoms with Gasteiger partial charge in [0.1, 0.15) is 17.4 Å². The molecule has 2 aromatic rings. The van der Waals surface area contributed by atoms with Gasteiger partial charge < -0.3 is 34.2 Å². The second kappa shape index (κ2) is 14.8. The Morgan fingerprint density at radius 2 is 1.49 bits per heavy atom. The van der Waals surface area contributed by atoms with Crippen LogP contribution in [0.5, 0.6) is 5.75 Å². The number of carbonyl (C=O) groups is 3. The summed E-state index contributed by atoms with van der Waals surface area (Å²) in [6.07, 6.45) is 4.70. The van der Waals surface area contributed by atoms with Crippen LogP contribution in [0.2, 0.25) is 0 Å². The van der Waals surface area contributed by atoms with E-state index in [1.54, 1.807) is 22.0 Å². The lowest BCUT2D eigenvalue weighted by atomic mass is 9.66. The number of carbonyl (C=O) groups excluding carboxylic acids is 3. The van der Waals surface area contributed by atoms with Crippen molar-refractivity contribution >= 4 is 34.8 Å². The van der Waals surface area contributed by atoms with Crippen LogP contribution >= 0.6 is 0 Å². The van der Waals surface area contributed by atoms with Crippen LogP contribution in [0, 0.1) is 11.8 Å². The lowest BCUT2D eigenvalue weighted by Gasteiger charge is -2.39. The molecule has 2 unspecified atom stereocenters. The van der Waals surface area contributed by atoms with Crippen molar-refractivity contribution in [1.29, 1.82) is 0 Å². The first kappa shape index (κ1) is 36.1. The molecular weight excluding hydrogens is 620 g/mol. The van der Waals surface area contributed by atoms with E-state index in [9.17, 15) is 14.7 Å². The van der Waals surface area contributed by atoms with Crippen LogP contribution < -0.4 is 19.4 Å². The second-order valence-electron chi connectivity index (χ2n) is 13.3. The van der Waals surface area contributed by atoms with Gasteiger partial charge >= 0.3 is 0 Å².